The number of rotatable bonds is 6. The summed E-state index contributed by atoms with van der Waals surface area (Å²) in [5.41, 5.74) is 2.19. The first-order chi connectivity index (χ1) is 10.3. The Morgan fingerprint density at radius 1 is 1.36 bits per heavy atom. The molecular weight excluding hydrogens is 411 g/mol. The molecule has 3 N–H and O–H groups in total. The van der Waals surface area contributed by atoms with E-state index in [0.717, 1.165) is 35.2 Å². The average Bonchev–Trinajstić information content (AvgIpc) is 3.05. The Balaban J connectivity index is 0.00000242. The highest BCUT2D eigenvalue weighted by molar-refractivity contribution is 14.0. The molecular formula is C14H21IN6S. The van der Waals surface area contributed by atoms with Crippen LogP contribution in [-0.4, -0.2) is 46.7 Å². The number of benzene rings is 1. The number of aliphatic imine (C=N–C) groups is 1. The van der Waals surface area contributed by atoms with Crippen molar-refractivity contribution in [2.45, 2.75) is 6.54 Å². The van der Waals surface area contributed by atoms with E-state index in [2.05, 4.69) is 49.2 Å². The van der Waals surface area contributed by atoms with Crippen LogP contribution in [0.5, 0.6) is 0 Å². The third-order valence-electron chi connectivity index (χ3n) is 2.90. The summed E-state index contributed by atoms with van der Waals surface area (Å²) in [5, 5.41) is 13.3. The van der Waals surface area contributed by atoms with Crippen molar-refractivity contribution < 1.29 is 0 Å². The lowest BCUT2D eigenvalue weighted by Gasteiger charge is -2.11. The zero-order chi connectivity index (χ0) is 14.9. The van der Waals surface area contributed by atoms with E-state index in [9.17, 15) is 0 Å². The van der Waals surface area contributed by atoms with E-state index in [4.69, 9.17) is 0 Å². The molecule has 1 heterocycles. The minimum atomic E-state index is 0. The number of nitrogens with one attached hydrogen (secondary N) is 3. The predicted octanol–water partition coefficient (Wildman–Crippen LogP) is 2.12. The van der Waals surface area contributed by atoms with Gasteiger partial charge in [-0.25, -0.2) is 4.98 Å². The van der Waals surface area contributed by atoms with Crippen LogP contribution >= 0.6 is 35.7 Å². The van der Waals surface area contributed by atoms with Gasteiger partial charge in [0.05, 0.1) is 0 Å². The molecule has 0 unspecified atom stereocenters. The van der Waals surface area contributed by atoms with Crippen molar-refractivity contribution in [2.75, 3.05) is 25.6 Å². The number of thioether (sulfide) groups is 1. The second kappa shape index (κ2) is 10.4. The molecule has 1 aromatic heterocycles. The lowest BCUT2D eigenvalue weighted by molar-refractivity contribution is 0.833. The van der Waals surface area contributed by atoms with Crippen LogP contribution in [-0.2, 0) is 6.54 Å². The second-order valence-corrected chi connectivity index (χ2v) is 5.37. The highest BCUT2D eigenvalue weighted by Gasteiger charge is 2.02. The Morgan fingerprint density at radius 2 is 2.23 bits per heavy atom. The van der Waals surface area contributed by atoms with Gasteiger partial charge in [0, 0.05) is 31.5 Å². The van der Waals surface area contributed by atoms with Crippen molar-refractivity contribution in [1.82, 2.24) is 25.8 Å². The van der Waals surface area contributed by atoms with E-state index in [-0.39, 0.29) is 24.0 Å². The van der Waals surface area contributed by atoms with Gasteiger partial charge in [-0.2, -0.15) is 16.9 Å². The van der Waals surface area contributed by atoms with Crippen LogP contribution in [0.25, 0.3) is 11.4 Å². The van der Waals surface area contributed by atoms with E-state index in [1.807, 2.05) is 23.9 Å². The monoisotopic (exact) mass is 432 g/mol. The van der Waals surface area contributed by atoms with Gasteiger partial charge in [0.1, 0.15) is 6.33 Å². The fraction of sp³-hybridized carbons (Fsp3) is 0.357. The van der Waals surface area contributed by atoms with E-state index >= 15 is 0 Å². The lowest BCUT2D eigenvalue weighted by atomic mass is 10.1. The fourth-order valence-electron chi connectivity index (χ4n) is 1.85. The van der Waals surface area contributed by atoms with Gasteiger partial charge in [0.25, 0.3) is 0 Å². The predicted molar refractivity (Wildman–Crippen MR) is 104 cm³/mol. The minimum Gasteiger partial charge on any atom is -0.356 e. The average molecular weight is 432 g/mol. The summed E-state index contributed by atoms with van der Waals surface area (Å²) in [4.78, 5) is 8.37. The Hall–Kier alpha value is -1.29. The molecule has 0 saturated heterocycles. The smallest absolute Gasteiger partial charge is 0.191 e. The van der Waals surface area contributed by atoms with E-state index in [1.54, 1.807) is 7.05 Å². The largest absolute Gasteiger partial charge is 0.356 e. The lowest BCUT2D eigenvalue weighted by Crippen LogP contribution is -2.37. The summed E-state index contributed by atoms with van der Waals surface area (Å²) >= 11 is 1.81. The topological polar surface area (TPSA) is 78.0 Å². The number of guanidine groups is 1. The van der Waals surface area contributed by atoms with Gasteiger partial charge in [-0.3, -0.25) is 10.1 Å². The van der Waals surface area contributed by atoms with Gasteiger partial charge >= 0.3 is 0 Å². The number of H-pyrrole nitrogens is 1. The molecule has 1 aromatic carbocycles. The van der Waals surface area contributed by atoms with E-state index in [0.29, 0.717) is 6.54 Å². The summed E-state index contributed by atoms with van der Waals surface area (Å²) in [6.45, 7) is 1.61. The Kier molecular flexibility index (Phi) is 8.90. The zero-order valence-corrected chi connectivity index (χ0v) is 15.8. The molecule has 22 heavy (non-hydrogen) atoms. The molecule has 0 aliphatic heterocycles. The normalized spacial score (nSPS) is 10.9. The number of nitrogens with zero attached hydrogens (tertiary/aromatic N) is 3. The molecule has 0 bridgehead atoms. The van der Waals surface area contributed by atoms with Crippen molar-refractivity contribution >= 4 is 41.7 Å². The van der Waals surface area contributed by atoms with Crippen molar-refractivity contribution in [1.29, 1.82) is 0 Å². The van der Waals surface area contributed by atoms with Crippen LogP contribution in [0.15, 0.2) is 35.6 Å². The molecule has 120 valence electrons. The van der Waals surface area contributed by atoms with Gasteiger partial charge in [-0.1, -0.05) is 18.2 Å². The first kappa shape index (κ1) is 18.8. The highest BCUT2D eigenvalue weighted by atomic mass is 127. The number of aromatic amines is 1. The van der Waals surface area contributed by atoms with Gasteiger partial charge in [-0.05, 0) is 17.9 Å². The van der Waals surface area contributed by atoms with Crippen LogP contribution in [0.4, 0.5) is 0 Å². The van der Waals surface area contributed by atoms with Gasteiger partial charge in [-0.15, -0.1) is 24.0 Å². The fourth-order valence-corrected chi connectivity index (χ4v) is 2.16. The number of halogens is 1. The van der Waals surface area contributed by atoms with Crippen LogP contribution in [0.1, 0.15) is 5.56 Å². The zero-order valence-electron chi connectivity index (χ0n) is 12.7. The number of hydrogen-bond acceptors (Lipinski definition) is 4. The summed E-state index contributed by atoms with van der Waals surface area (Å²) in [6.07, 6.45) is 3.60. The summed E-state index contributed by atoms with van der Waals surface area (Å²) in [5.74, 6) is 2.65. The van der Waals surface area contributed by atoms with Gasteiger partial charge < -0.3 is 10.6 Å². The Bertz CT molecular complexity index is 572. The summed E-state index contributed by atoms with van der Waals surface area (Å²) < 4.78 is 0. The Labute approximate surface area is 152 Å². The van der Waals surface area contributed by atoms with Crippen LogP contribution in [0.2, 0.25) is 0 Å². The van der Waals surface area contributed by atoms with Crippen LogP contribution in [0.3, 0.4) is 0 Å². The maximum absolute atomic E-state index is 4.20. The van der Waals surface area contributed by atoms with E-state index in [1.165, 1.54) is 6.33 Å². The number of hydrogen-bond donors (Lipinski definition) is 3. The standard InChI is InChI=1S/C14H20N6S.HI/c1-15-14(16-6-7-21-2)17-9-11-4-3-5-12(8-11)13-18-10-19-20-13;/h3-5,8,10H,6-7,9H2,1-2H3,(H2,15,16,17)(H,18,19,20);1H. The van der Waals surface area contributed by atoms with E-state index < -0.39 is 0 Å². The quantitative estimate of drug-likeness (QED) is 0.282. The van der Waals surface area contributed by atoms with Crippen molar-refractivity contribution in [2.24, 2.45) is 4.99 Å². The SMILES string of the molecule is CN=C(NCCSC)NCc1cccc(-c2ncn[nH]2)c1.I. The van der Waals surface area contributed by atoms with Gasteiger partial charge in [0.15, 0.2) is 11.8 Å². The summed E-state index contributed by atoms with van der Waals surface area (Å²) in [6, 6.07) is 8.18. The number of aromatic nitrogens is 3. The molecule has 6 nitrogen and oxygen atoms in total. The third kappa shape index (κ3) is 5.84. The first-order valence-corrected chi connectivity index (χ1v) is 8.11. The molecule has 0 atom stereocenters. The maximum Gasteiger partial charge on any atom is 0.191 e. The third-order valence-corrected chi connectivity index (χ3v) is 3.51. The highest BCUT2D eigenvalue weighted by Crippen LogP contribution is 2.15. The van der Waals surface area contributed by atoms with Crippen molar-refractivity contribution in [3.8, 4) is 11.4 Å². The molecule has 0 radical (unpaired) electrons. The van der Waals surface area contributed by atoms with Crippen LogP contribution in [0, 0.1) is 0 Å². The molecule has 0 fully saturated rings. The molecule has 0 aliphatic carbocycles. The minimum absolute atomic E-state index is 0. The molecule has 2 aromatic rings. The van der Waals surface area contributed by atoms with Gasteiger partial charge in [0.2, 0.25) is 0 Å². The molecule has 8 heteroatoms. The summed E-state index contributed by atoms with van der Waals surface area (Å²) in [7, 11) is 1.78. The first-order valence-electron chi connectivity index (χ1n) is 6.71. The van der Waals surface area contributed by atoms with Crippen LogP contribution < -0.4 is 10.6 Å². The van der Waals surface area contributed by atoms with Crippen molar-refractivity contribution in [3.05, 3.63) is 36.2 Å². The maximum atomic E-state index is 4.20. The molecule has 0 aliphatic rings. The molecule has 0 amide bonds. The Morgan fingerprint density at radius 3 is 2.91 bits per heavy atom. The molecule has 0 spiro atoms. The molecule has 0 saturated carbocycles. The second-order valence-electron chi connectivity index (χ2n) is 4.38. The van der Waals surface area contributed by atoms with Crippen molar-refractivity contribution in [3.63, 3.8) is 0 Å². The molecule has 2 rings (SSSR count).